The van der Waals surface area contributed by atoms with Crippen molar-refractivity contribution in [1.29, 1.82) is 0 Å². The summed E-state index contributed by atoms with van der Waals surface area (Å²) in [7, 11) is 1.74. The number of carbonyl (C=O) groups excluding carboxylic acids is 1. The lowest BCUT2D eigenvalue weighted by atomic mass is 10.2. The number of anilines is 1. The van der Waals surface area contributed by atoms with Crippen molar-refractivity contribution < 1.29 is 9.53 Å². The first-order valence-corrected chi connectivity index (χ1v) is 4.97. The van der Waals surface area contributed by atoms with Crippen LogP contribution in [0.25, 0.3) is 0 Å². The second-order valence-corrected chi connectivity index (χ2v) is 3.60. The summed E-state index contributed by atoms with van der Waals surface area (Å²) in [5, 5.41) is 6.74. The largest absolute Gasteiger partial charge is 0.368 e. The lowest BCUT2D eigenvalue weighted by molar-refractivity contribution is -0.124. The number of carbonyl (C=O) groups is 1. The van der Waals surface area contributed by atoms with Gasteiger partial charge in [-0.25, -0.2) is 4.68 Å². The van der Waals surface area contributed by atoms with E-state index in [4.69, 9.17) is 4.74 Å². The number of amides is 1. The van der Waals surface area contributed by atoms with Gasteiger partial charge in [-0.3, -0.25) is 10.1 Å². The van der Waals surface area contributed by atoms with Crippen LogP contribution in [0.15, 0.2) is 0 Å². The maximum absolute atomic E-state index is 11.7. The van der Waals surface area contributed by atoms with Crippen LogP contribution in [0.2, 0.25) is 0 Å². The van der Waals surface area contributed by atoms with Gasteiger partial charge in [0.2, 0.25) is 5.95 Å². The summed E-state index contributed by atoms with van der Waals surface area (Å²) in [6.45, 7) is 2.44. The first-order chi connectivity index (χ1) is 7.16. The van der Waals surface area contributed by atoms with Crippen molar-refractivity contribution in [3.63, 3.8) is 0 Å². The highest BCUT2D eigenvalue weighted by Crippen LogP contribution is 2.13. The first-order valence-electron chi connectivity index (χ1n) is 4.97. The van der Waals surface area contributed by atoms with Gasteiger partial charge in [0.25, 0.3) is 5.91 Å². The number of nitrogens with zero attached hydrogens (tertiary/aromatic N) is 3. The number of hydrogen-bond donors (Lipinski definition) is 1. The Bertz CT molecular complexity index is 368. The van der Waals surface area contributed by atoms with Gasteiger partial charge >= 0.3 is 0 Å². The minimum atomic E-state index is -0.331. The first kappa shape index (κ1) is 10.1. The van der Waals surface area contributed by atoms with E-state index in [0.717, 1.165) is 12.8 Å². The fraction of sp³-hybridized carbons (Fsp3) is 0.667. The summed E-state index contributed by atoms with van der Waals surface area (Å²) in [5.41, 5.74) is 0. The summed E-state index contributed by atoms with van der Waals surface area (Å²) < 4.78 is 6.81. The fourth-order valence-electron chi connectivity index (χ4n) is 1.60. The van der Waals surface area contributed by atoms with Crippen LogP contribution in [0.4, 0.5) is 5.95 Å². The number of aromatic nitrogens is 3. The molecule has 82 valence electrons. The van der Waals surface area contributed by atoms with Crippen molar-refractivity contribution in [1.82, 2.24) is 14.8 Å². The maximum Gasteiger partial charge on any atom is 0.255 e. The molecule has 1 aromatic heterocycles. The average molecular weight is 210 g/mol. The Morgan fingerprint density at radius 1 is 1.67 bits per heavy atom. The predicted molar refractivity (Wildman–Crippen MR) is 53.3 cm³/mol. The van der Waals surface area contributed by atoms with Crippen LogP contribution < -0.4 is 5.32 Å². The third-order valence-electron chi connectivity index (χ3n) is 2.33. The molecule has 2 rings (SSSR count). The van der Waals surface area contributed by atoms with Crippen LogP contribution in [-0.4, -0.2) is 33.4 Å². The zero-order valence-corrected chi connectivity index (χ0v) is 8.86. The monoisotopic (exact) mass is 210 g/mol. The van der Waals surface area contributed by atoms with Gasteiger partial charge in [-0.05, 0) is 19.8 Å². The normalized spacial score (nSPS) is 20.5. The molecule has 0 saturated carbocycles. The Kier molecular flexibility index (Phi) is 2.68. The van der Waals surface area contributed by atoms with Gasteiger partial charge in [0.05, 0.1) is 0 Å². The Hall–Kier alpha value is -1.43. The maximum atomic E-state index is 11.7. The Balaban J connectivity index is 2.01. The van der Waals surface area contributed by atoms with Gasteiger partial charge < -0.3 is 4.74 Å². The van der Waals surface area contributed by atoms with Gasteiger partial charge in [0.1, 0.15) is 11.9 Å². The van der Waals surface area contributed by atoms with Crippen LogP contribution >= 0.6 is 0 Å². The second-order valence-electron chi connectivity index (χ2n) is 3.60. The zero-order valence-electron chi connectivity index (χ0n) is 8.86. The molecule has 1 aliphatic heterocycles. The van der Waals surface area contributed by atoms with Crippen molar-refractivity contribution in [3.8, 4) is 0 Å². The van der Waals surface area contributed by atoms with Gasteiger partial charge in [0.15, 0.2) is 0 Å². The highest BCUT2D eigenvalue weighted by molar-refractivity contribution is 5.92. The third kappa shape index (κ3) is 2.15. The number of hydrogen-bond acceptors (Lipinski definition) is 4. The SMILES string of the molecule is Cc1nc(NC(=O)C2CCCO2)n(C)n1. The molecular formula is C9H14N4O2. The Morgan fingerprint density at radius 2 is 2.47 bits per heavy atom. The molecule has 1 atom stereocenters. The fourth-order valence-corrected chi connectivity index (χ4v) is 1.60. The van der Waals surface area contributed by atoms with Crippen molar-refractivity contribution in [2.24, 2.45) is 7.05 Å². The molecular weight excluding hydrogens is 196 g/mol. The predicted octanol–water partition coefficient (Wildman–Crippen LogP) is 0.241. The Morgan fingerprint density at radius 3 is 3.00 bits per heavy atom. The zero-order chi connectivity index (χ0) is 10.8. The van der Waals surface area contributed by atoms with Gasteiger partial charge in [-0.15, -0.1) is 0 Å². The summed E-state index contributed by atoms with van der Waals surface area (Å²) in [4.78, 5) is 15.7. The molecule has 0 bridgehead atoms. The number of nitrogens with one attached hydrogen (secondary N) is 1. The van der Waals surface area contributed by atoms with Crippen LogP contribution in [0.5, 0.6) is 0 Å². The molecule has 6 heteroatoms. The van der Waals surface area contributed by atoms with Crippen molar-refractivity contribution >= 4 is 11.9 Å². The van der Waals surface area contributed by atoms with Crippen molar-refractivity contribution in [2.75, 3.05) is 11.9 Å². The van der Waals surface area contributed by atoms with Crippen LogP contribution in [0.3, 0.4) is 0 Å². The molecule has 0 aliphatic carbocycles. The molecule has 1 aromatic rings. The molecule has 0 spiro atoms. The van der Waals surface area contributed by atoms with Crippen molar-refractivity contribution in [2.45, 2.75) is 25.9 Å². The van der Waals surface area contributed by atoms with Crippen LogP contribution in [-0.2, 0) is 16.6 Å². The molecule has 1 N–H and O–H groups in total. The number of ether oxygens (including phenoxy) is 1. The third-order valence-corrected chi connectivity index (χ3v) is 2.33. The smallest absolute Gasteiger partial charge is 0.255 e. The highest BCUT2D eigenvalue weighted by Gasteiger charge is 2.24. The van der Waals surface area contributed by atoms with E-state index >= 15 is 0 Å². The van der Waals surface area contributed by atoms with E-state index < -0.39 is 0 Å². The van der Waals surface area contributed by atoms with E-state index in [-0.39, 0.29) is 12.0 Å². The Labute approximate surface area is 87.6 Å². The molecule has 15 heavy (non-hydrogen) atoms. The molecule has 1 unspecified atom stereocenters. The quantitative estimate of drug-likeness (QED) is 0.759. The molecule has 6 nitrogen and oxygen atoms in total. The van der Waals surface area contributed by atoms with Crippen LogP contribution in [0.1, 0.15) is 18.7 Å². The second kappa shape index (κ2) is 3.98. The molecule has 1 saturated heterocycles. The number of aryl methyl sites for hydroxylation is 2. The molecule has 2 heterocycles. The highest BCUT2D eigenvalue weighted by atomic mass is 16.5. The van der Waals surface area contributed by atoms with E-state index in [9.17, 15) is 4.79 Å². The van der Waals surface area contributed by atoms with Gasteiger partial charge in [0, 0.05) is 13.7 Å². The molecule has 0 radical (unpaired) electrons. The minimum Gasteiger partial charge on any atom is -0.368 e. The minimum absolute atomic E-state index is 0.136. The van der Waals surface area contributed by atoms with Gasteiger partial charge in [-0.2, -0.15) is 10.1 Å². The van der Waals surface area contributed by atoms with Gasteiger partial charge in [-0.1, -0.05) is 0 Å². The summed E-state index contributed by atoms with van der Waals surface area (Å²) in [6.07, 6.45) is 1.39. The van der Waals surface area contributed by atoms with E-state index in [1.54, 1.807) is 18.7 Å². The standard InChI is InChI=1S/C9H14N4O2/c1-6-10-9(13(2)12-6)11-8(14)7-4-3-5-15-7/h7H,3-5H2,1-2H3,(H,10,11,12,14). The van der Waals surface area contributed by atoms with E-state index in [0.29, 0.717) is 18.4 Å². The summed E-state index contributed by atoms with van der Waals surface area (Å²) >= 11 is 0. The molecule has 0 aromatic carbocycles. The molecule has 1 fully saturated rings. The topological polar surface area (TPSA) is 69.0 Å². The van der Waals surface area contributed by atoms with E-state index in [1.165, 1.54) is 0 Å². The van der Waals surface area contributed by atoms with Crippen LogP contribution in [0, 0.1) is 6.92 Å². The summed E-state index contributed by atoms with van der Waals surface area (Å²) in [5.74, 6) is 0.969. The number of rotatable bonds is 2. The lowest BCUT2D eigenvalue weighted by Crippen LogP contribution is -2.28. The van der Waals surface area contributed by atoms with E-state index in [2.05, 4.69) is 15.4 Å². The van der Waals surface area contributed by atoms with E-state index in [1.807, 2.05) is 0 Å². The van der Waals surface area contributed by atoms with Crippen molar-refractivity contribution in [3.05, 3.63) is 5.82 Å². The molecule has 1 amide bonds. The summed E-state index contributed by atoms with van der Waals surface area (Å²) in [6, 6.07) is 0. The lowest BCUT2D eigenvalue weighted by Gasteiger charge is -2.08. The average Bonchev–Trinajstić information content (AvgIpc) is 2.76. The molecule has 1 aliphatic rings.